The van der Waals surface area contributed by atoms with E-state index < -0.39 is 5.82 Å². The topological polar surface area (TPSA) is 130 Å². The van der Waals surface area contributed by atoms with Gasteiger partial charge in [-0.05, 0) is 49.4 Å². The number of anilines is 2. The van der Waals surface area contributed by atoms with Gasteiger partial charge >= 0.3 is 6.01 Å². The summed E-state index contributed by atoms with van der Waals surface area (Å²) in [5, 5.41) is 1.73. The summed E-state index contributed by atoms with van der Waals surface area (Å²) >= 11 is 0. The van der Waals surface area contributed by atoms with E-state index in [-0.39, 0.29) is 48.6 Å². The van der Waals surface area contributed by atoms with Crippen LogP contribution in [0, 0.1) is 18.2 Å². The third-order valence-electron chi connectivity index (χ3n) is 10.0. The minimum atomic E-state index is -0.674. The first-order chi connectivity index (χ1) is 24.9. The maximum Gasteiger partial charge on any atom is 0.319 e. The van der Waals surface area contributed by atoms with Gasteiger partial charge in [-0.2, -0.15) is 9.97 Å². The molecule has 0 spiro atoms. The number of hydrogen-bond donors (Lipinski definition) is 1. The van der Waals surface area contributed by atoms with Crippen LogP contribution < -0.4 is 24.8 Å². The Bertz CT molecular complexity index is 2160. The van der Waals surface area contributed by atoms with E-state index >= 15 is 4.39 Å². The number of nitrogens with two attached hydrogens (primary N) is 1. The van der Waals surface area contributed by atoms with Crippen molar-refractivity contribution in [3.63, 3.8) is 0 Å². The molecule has 12 nitrogen and oxygen atoms in total. The van der Waals surface area contributed by atoms with Crippen molar-refractivity contribution in [3.8, 4) is 41.2 Å². The van der Waals surface area contributed by atoms with Crippen molar-refractivity contribution in [3.05, 3.63) is 65.6 Å². The van der Waals surface area contributed by atoms with Crippen LogP contribution in [0.15, 0.2) is 48.7 Å². The highest BCUT2D eigenvalue weighted by Crippen LogP contribution is 2.44. The molecule has 0 bridgehead atoms. The number of terminal acetylenes is 1. The van der Waals surface area contributed by atoms with Crippen LogP contribution in [-0.2, 0) is 9.47 Å². The van der Waals surface area contributed by atoms with Crippen molar-refractivity contribution >= 4 is 33.3 Å². The lowest BCUT2D eigenvalue weighted by molar-refractivity contribution is -0.0101. The van der Waals surface area contributed by atoms with Gasteiger partial charge in [0.1, 0.15) is 47.2 Å². The van der Waals surface area contributed by atoms with Gasteiger partial charge in [-0.1, -0.05) is 24.1 Å². The zero-order chi connectivity index (χ0) is 35.1. The molecule has 3 atom stereocenters. The number of rotatable bonds is 9. The monoisotopic (exact) mass is 691 g/mol. The summed E-state index contributed by atoms with van der Waals surface area (Å²) in [4.78, 5) is 23.2. The first-order valence-corrected chi connectivity index (χ1v) is 17.1. The average molecular weight is 692 g/mol. The van der Waals surface area contributed by atoms with Crippen molar-refractivity contribution < 1.29 is 28.1 Å². The van der Waals surface area contributed by atoms with Crippen molar-refractivity contribution in [2.75, 3.05) is 64.1 Å². The number of hydrogen-bond acceptors (Lipinski definition) is 12. The molecule has 8 rings (SSSR count). The van der Waals surface area contributed by atoms with Gasteiger partial charge in [-0.15, -0.1) is 6.42 Å². The summed E-state index contributed by atoms with van der Waals surface area (Å²) in [5.41, 5.74) is 8.16. The Morgan fingerprint density at radius 3 is 2.82 bits per heavy atom. The molecule has 262 valence electrons. The van der Waals surface area contributed by atoms with Crippen molar-refractivity contribution in [2.24, 2.45) is 0 Å². The van der Waals surface area contributed by atoms with E-state index in [1.807, 2.05) is 48.2 Å². The number of halogens is 1. The smallest absolute Gasteiger partial charge is 0.319 e. The lowest BCUT2D eigenvalue weighted by Gasteiger charge is -2.33. The number of methoxy groups -OCH3 is 1. The molecule has 2 N–H and O–H groups in total. The molecule has 2 aromatic carbocycles. The maximum absolute atomic E-state index is 17.4. The number of aromatic nitrogens is 4. The largest absolute Gasteiger partial charge is 0.475 e. The van der Waals surface area contributed by atoms with Gasteiger partial charge in [-0.3, -0.25) is 4.90 Å². The van der Waals surface area contributed by atoms with Gasteiger partial charge in [0.15, 0.2) is 12.6 Å². The van der Waals surface area contributed by atoms with Crippen LogP contribution in [0.1, 0.15) is 36.9 Å². The van der Waals surface area contributed by atoms with Gasteiger partial charge < -0.3 is 34.3 Å². The molecule has 0 aliphatic carbocycles. The Morgan fingerprint density at radius 1 is 1.08 bits per heavy atom. The molecule has 0 amide bonds. The maximum atomic E-state index is 17.4. The molecule has 13 heteroatoms. The SMILES string of the molecule is C#Cc1cccc2cc(OCOC)cc(-c3nc4c5c(nc(OC[C@@H]6CC[C@H]7COCCN76)nc5c3F)N([C@H](C)c3cccnc3N)CCO4)c12. The third-order valence-corrected chi connectivity index (χ3v) is 10.0. The van der Waals surface area contributed by atoms with Crippen LogP contribution in [0.5, 0.6) is 17.6 Å². The molecule has 3 aromatic heterocycles. The van der Waals surface area contributed by atoms with E-state index in [1.54, 1.807) is 12.3 Å². The summed E-state index contributed by atoms with van der Waals surface area (Å²) in [7, 11) is 1.53. The molecule has 5 aromatic rings. The molecule has 2 saturated heterocycles. The van der Waals surface area contributed by atoms with E-state index in [2.05, 4.69) is 15.8 Å². The van der Waals surface area contributed by atoms with Gasteiger partial charge in [0.05, 0.1) is 25.8 Å². The summed E-state index contributed by atoms with van der Waals surface area (Å²) in [5.74, 6) is 3.54. The second-order valence-corrected chi connectivity index (χ2v) is 12.9. The number of fused-ring (bicyclic) bond motifs is 2. The fraction of sp³-hybridized carbons (Fsp3) is 0.368. The highest BCUT2D eigenvalue weighted by atomic mass is 19.1. The van der Waals surface area contributed by atoms with E-state index in [0.29, 0.717) is 65.1 Å². The molecule has 0 saturated carbocycles. The van der Waals surface area contributed by atoms with E-state index in [1.165, 1.54) is 7.11 Å². The van der Waals surface area contributed by atoms with Gasteiger partial charge in [0.2, 0.25) is 5.88 Å². The minimum Gasteiger partial charge on any atom is -0.475 e. The van der Waals surface area contributed by atoms with Crippen LogP contribution in [0.3, 0.4) is 0 Å². The molecular weight excluding hydrogens is 653 g/mol. The molecular formula is C38H38FN7O5. The first kappa shape index (κ1) is 32.9. The van der Waals surface area contributed by atoms with Crippen molar-refractivity contribution in [1.29, 1.82) is 0 Å². The number of nitrogen functional groups attached to an aromatic ring is 1. The first-order valence-electron chi connectivity index (χ1n) is 17.1. The molecule has 6 heterocycles. The minimum absolute atomic E-state index is 0.000708. The van der Waals surface area contributed by atoms with Gasteiger partial charge in [0.25, 0.3) is 0 Å². The van der Waals surface area contributed by atoms with Crippen LogP contribution >= 0.6 is 0 Å². The molecule has 0 unspecified atom stereocenters. The zero-order valence-electron chi connectivity index (χ0n) is 28.5. The van der Waals surface area contributed by atoms with Crippen LogP contribution in [-0.4, -0.2) is 90.3 Å². The molecule has 3 aliphatic heterocycles. The quantitative estimate of drug-likeness (QED) is 0.163. The number of morpholine rings is 1. The summed E-state index contributed by atoms with van der Waals surface area (Å²) in [6, 6.07) is 13.1. The summed E-state index contributed by atoms with van der Waals surface area (Å²) in [6.45, 7) is 5.23. The third kappa shape index (κ3) is 5.99. The highest BCUT2D eigenvalue weighted by Gasteiger charge is 2.37. The van der Waals surface area contributed by atoms with Crippen molar-refractivity contribution in [1.82, 2.24) is 24.8 Å². The fourth-order valence-corrected chi connectivity index (χ4v) is 7.55. The predicted octanol–water partition coefficient (Wildman–Crippen LogP) is 5.13. The Morgan fingerprint density at radius 2 is 1.98 bits per heavy atom. The fourth-order valence-electron chi connectivity index (χ4n) is 7.55. The second kappa shape index (κ2) is 13.8. The number of benzene rings is 2. The van der Waals surface area contributed by atoms with E-state index in [9.17, 15) is 0 Å². The molecule has 2 fully saturated rings. The van der Waals surface area contributed by atoms with Gasteiger partial charge in [0, 0.05) is 54.0 Å². The second-order valence-electron chi connectivity index (χ2n) is 12.9. The zero-order valence-corrected chi connectivity index (χ0v) is 28.5. The van der Waals surface area contributed by atoms with E-state index in [0.717, 1.165) is 36.9 Å². The number of pyridine rings is 2. The average Bonchev–Trinajstić information content (AvgIpc) is 3.48. The normalized spacial score (nSPS) is 19.3. The Hall–Kier alpha value is -5.29. The Balaban J connectivity index is 1.31. The standard InChI is InChI=1S/C38H38FN7O5/c1-4-23-7-5-8-24-17-27(51-21-47-3)18-29(30(23)24)33-32(39)34-31-36(44-38(43-34)50-20-26-11-10-25-19-48-15-13-46(25)26)45(14-16-49-37(31)42-33)22(2)28-9-6-12-41-35(28)40/h1,5-9,12,17-18,22,25-26H,10-11,13-16,19-21H2,2-3H3,(H2,40,41)/t22-,25+,26+/m1/s1. The van der Waals surface area contributed by atoms with Crippen LogP contribution in [0.25, 0.3) is 32.9 Å². The highest BCUT2D eigenvalue weighted by molar-refractivity contribution is 6.04. The Labute approximate surface area is 294 Å². The van der Waals surface area contributed by atoms with Gasteiger partial charge in [-0.25, -0.2) is 14.4 Å². The lowest BCUT2D eigenvalue weighted by atomic mass is 9.96. The van der Waals surface area contributed by atoms with Crippen LogP contribution in [0.2, 0.25) is 0 Å². The summed E-state index contributed by atoms with van der Waals surface area (Å²) in [6.07, 6.45) is 9.60. The lowest BCUT2D eigenvalue weighted by Crippen LogP contribution is -2.46. The van der Waals surface area contributed by atoms with E-state index in [4.69, 9.17) is 50.8 Å². The van der Waals surface area contributed by atoms with Crippen molar-refractivity contribution in [2.45, 2.75) is 37.9 Å². The molecule has 3 aliphatic rings. The molecule has 0 radical (unpaired) electrons. The number of ether oxygens (including phenoxy) is 5. The predicted molar refractivity (Wildman–Crippen MR) is 190 cm³/mol. The molecule has 51 heavy (non-hydrogen) atoms. The summed E-state index contributed by atoms with van der Waals surface area (Å²) < 4.78 is 46.7. The Kier molecular flexibility index (Phi) is 8.89. The number of nitrogens with zero attached hydrogens (tertiary/aromatic N) is 6. The van der Waals surface area contributed by atoms with Crippen LogP contribution in [0.4, 0.5) is 16.0 Å².